The van der Waals surface area contributed by atoms with Gasteiger partial charge >= 0.3 is 0 Å². The lowest BCUT2D eigenvalue weighted by molar-refractivity contribution is 0.220. The lowest BCUT2D eigenvalue weighted by Crippen LogP contribution is -2.13. The number of rotatable bonds is 6. The second-order valence-electron chi connectivity index (χ2n) is 5.21. The highest BCUT2D eigenvalue weighted by Crippen LogP contribution is 2.19. The van der Waals surface area contributed by atoms with Crippen LogP contribution in [0.25, 0.3) is 0 Å². The average Bonchev–Trinajstić information content (AvgIpc) is 2.47. The van der Waals surface area contributed by atoms with Crippen molar-refractivity contribution in [2.75, 3.05) is 13.2 Å². The Kier molecular flexibility index (Phi) is 5.21. The number of hydrogen-bond donors (Lipinski definition) is 0. The van der Waals surface area contributed by atoms with Crippen LogP contribution in [0.3, 0.4) is 0 Å². The molecular weight excluding hydrogens is 300 g/mol. The smallest absolute Gasteiger partial charge is 0.297 e. The zero-order valence-electron chi connectivity index (χ0n) is 13.0. The van der Waals surface area contributed by atoms with Gasteiger partial charge in [0.1, 0.15) is 19.0 Å². The highest BCUT2D eigenvalue weighted by atomic mass is 32.2. The minimum Gasteiger partial charge on any atom is -0.491 e. The maximum atomic E-state index is 12.0. The van der Waals surface area contributed by atoms with Crippen molar-refractivity contribution in [2.45, 2.75) is 25.7 Å². The van der Waals surface area contributed by atoms with Crippen molar-refractivity contribution in [1.82, 2.24) is 0 Å². The van der Waals surface area contributed by atoms with Crippen LogP contribution in [0.1, 0.15) is 16.7 Å². The van der Waals surface area contributed by atoms with Crippen molar-refractivity contribution in [3.63, 3.8) is 0 Å². The summed E-state index contributed by atoms with van der Waals surface area (Å²) in [7, 11) is -3.73. The zero-order chi connectivity index (χ0) is 16.2. The highest BCUT2D eigenvalue weighted by Gasteiger charge is 2.14. The van der Waals surface area contributed by atoms with Crippen LogP contribution in [0.5, 0.6) is 5.75 Å². The predicted octanol–water partition coefficient (Wildman–Crippen LogP) is 3.40. The van der Waals surface area contributed by atoms with Crippen molar-refractivity contribution >= 4 is 10.1 Å². The van der Waals surface area contributed by atoms with Gasteiger partial charge in [-0.25, -0.2) is 0 Å². The van der Waals surface area contributed by atoms with E-state index in [0.717, 1.165) is 22.4 Å². The van der Waals surface area contributed by atoms with Gasteiger partial charge in [0.25, 0.3) is 10.1 Å². The summed E-state index contributed by atoms with van der Waals surface area (Å²) in [4.78, 5) is 0.157. The molecule has 0 radical (unpaired) electrons. The van der Waals surface area contributed by atoms with Crippen molar-refractivity contribution in [3.05, 3.63) is 59.2 Å². The summed E-state index contributed by atoms with van der Waals surface area (Å²) in [5.41, 5.74) is 3.10. The lowest BCUT2D eigenvalue weighted by atomic mass is 10.1. The molecule has 0 fully saturated rings. The maximum absolute atomic E-state index is 12.0. The van der Waals surface area contributed by atoms with E-state index in [1.807, 2.05) is 39.0 Å². The van der Waals surface area contributed by atoms with Gasteiger partial charge in [-0.1, -0.05) is 29.8 Å². The normalized spacial score (nSPS) is 11.4. The summed E-state index contributed by atoms with van der Waals surface area (Å²) in [5.74, 6) is 0.747. The van der Waals surface area contributed by atoms with Crippen LogP contribution < -0.4 is 4.74 Å². The Morgan fingerprint density at radius 2 is 1.50 bits per heavy atom. The average molecular weight is 320 g/mol. The molecule has 5 heteroatoms. The lowest BCUT2D eigenvalue weighted by Gasteiger charge is -2.10. The summed E-state index contributed by atoms with van der Waals surface area (Å²) in [6.45, 7) is 5.97. The molecule has 0 aliphatic heterocycles. The second kappa shape index (κ2) is 6.94. The molecule has 0 saturated heterocycles. The molecule has 0 saturated carbocycles. The molecule has 0 aromatic heterocycles. The Morgan fingerprint density at radius 1 is 0.864 bits per heavy atom. The van der Waals surface area contributed by atoms with E-state index in [0.29, 0.717) is 0 Å². The first-order chi connectivity index (χ1) is 10.4. The Morgan fingerprint density at radius 3 is 2.18 bits per heavy atom. The zero-order valence-corrected chi connectivity index (χ0v) is 13.8. The Balaban J connectivity index is 1.90. The van der Waals surface area contributed by atoms with Crippen molar-refractivity contribution in [3.8, 4) is 5.75 Å². The third-order valence-corrected chi connectivity index (χ3v) is 4.56. The Bertz CT molecular complexity index is 734. The molecule has 2 aromatic carbocycles. The van der Waals surface area contributed by atoms with Crippen molar-refractivity contribution in [1.29, 1.82) is 0 Å². The largest absolute Gasteiger partial charge is 0.491 e. The summed E-state index contributed by atoms with van der Waals surface area (Å²) in [5, 5.41) is 0. The van der Waals surface area contributed by atoms with Gasteiger partial charge in [-0.05, 0) is 50.1 Å². The molecule has 4 nitrogen and oxygen atoms in total. The first-order valence-electron chi connectivity index (χ1n) is 7.04. The van der Waals surface area contributed by atoms with Crippen molar-refractivity contribution < 1.29 is 17.3 Å². The van der Waals surface area contributed by atoms with Crippen LogP contribution in [0.15, 0.2) is 47.4 Å². The fourth-order valence-electron chi connectivity index (χ4n) is 1.93. The van der Waals surface area contributed by atoms with Crippen molar-refractivity contribution in [2.24, 2.45) is 0 Å². The van der Waals surface area contributed by atoms with E-state index in [-0.39, 0.29) is 18.1 Å². The fourth-order valence-corrected chi connectivity index (χ4v) is 2.82. The van der Waals surface area contributed by atoms with E-state index in [4.69, 9.17) is 8.92 Å². The van der Waals surface area contributed by atoms with E-state index in [1.54, 1.807) is 12.1 Å². The van der Waals surface area contributed by atoms with Gasteiger partial charge in [-0.15, -0.1) is 0 Å². The Labute approximate surface area is 131 Å². The number of ether oxygens (including phenoxy) is 1. The molecule has 0 unspecified atom stereocenters. The number of aryl methyl sites for hydroxylation is 3. The molecule has 22 heavy (non-hydrogen) atoms. The molecule has 2 aromatic rings. The molecule has 2 rings (SSSR count). The predicted molar refractivity (Wildman–Crippen MR) is 85.7 cm³/mol. The number of hydrogen-bond acceptors (Lipinski definition) is 4. The topological polar surface area (TPSA) is 52.6 Å². The molecular formula is C17H20O4S. The van der Waals surface area contributed by atoms with Crippen LogP contribution >= 0.6 is 0 Å². The molecule has 118 valence electrons. The maximum Gasteiger partial charge on any atom is 0.297 e. The van der Waals surface area contributed by atoms with Gasteiger partial charge in [0.05, 0.1) is 4.90 Å². The highest BCUT2D eigenvalue weighted by molar-refractivity contribution is 7.86. The van der Waals surface area contributed by atoms with Crippen LogP contribution in [-0.4, -0.2) is 21.6 Å². The summed E-state index contributed by atoms with van der Waals surface area (Å²) in [6, 6.07) is 12.4. The van der Waals surface area contributed by atoms with Gasteiger partial charge < -0.3 is 4.74 Å². The molecule has 0 amide bonds. The minimum atomic E-state index is -3.73. The van der Waals surface area contributed by atoms with Crippen LogP contribution in [0.2, 0.25) is 0 Å². The van der Waals surface area contributed by atoms with Crippen LogP contribution in [-0.2, 0) is 14.3 Å². The third kappa shape index (κ3) is 4.32. The van der Waals surface area contributed by atoms with Gasteiger partial charge in [-0.3, -0.25) is 4.18 Å². The fraction of sp³-hybridized carbons (Fsp3) is 0.294. The van der Waals surface area contributed by atoms with Crippen LogP contribution in [0, 0.1) is 20.8 Å². The molecule has 0 bridgehead atoms. The minimum absolute atomic E-state index is 0.0242. The monoisotopic (exact) mass is 320 g/mol. The standard InChI is InChI=1S/C17H20O4S/c1-13-5-8-16(9-6-13)22(18,19)21-11-10-20-17-12-14(2)4-7-15(17)3/h4-9,12H,10-11H2,1-3H3. The SMILES string of the molecule is Cc1ccc(S(=O)(=O)OCCOc2cc(C)ccc2C)cc1. The number of benzene rings is 2. The van der Waals surface area contributed by atoms with Gasteiger partial charge in [0.2, 0.25) is 0 Å². The first kappa shape index (κ1) is 16.5. The van der Waals surface area contributed by atoms with E-state index in [1.165, 1.54) is 12.1 Å². The molecule has 0 aliphatic carbocycles. The molecule has 0 spiro atoms. The van der Waals surface area contributed by atoms with Gasteiger partial charge in [0.15, 0.2) is 0 Å². The summed E-state index contributed by atoms with van der Waals surface area (Å²) >= 11 is 0. The van der Waals surface area contributed by atoms with E-state index < -0.39 is 10.1 Å². The molecule has 0 heterocycles. The van der Waals surface area contributed by atoms with Crippen LogP contribution in [0.4, 0.5) is 0 Å². The third-order valence-electron chi connectivity index (χ3n) is 3.23. The Hall–Kier alpha value is -1.85. The first-order valence-corrected chi connectivity index (χ1v) is 8.45. The molecule has 0 N–H and O–H groups in total. The van der Waals surface area contributed by atoms with E-state index >= 15 is 0 Å². The molecule has 0 atom stereocenters. The van der Waals surface area contributed by atoms with Gasteiger partial charge in [0, 0.05) is 0 Å². The van der Waals surface area contributed by atoms with Gasteiger partial charge in [-0.2, -0.15) is 8.42 Å². The summed E-state index contributed by atoms with van der Waals surface area (Å²) in [6.07, 6.45) is 0. The second-order valence-corrected chi connectivity index (χ2v) is 6.82. The van der Waals surface area contributed by atoms with E-state index in [2.05, 4.69) is 0 Å². The molecule has 0 aliphatic rings. The van der Waals surface area contributed by atoms with E-state index in [9.17, 15) is 8.42 Å². The quantitative estimate of drug-likeness (QED) is 0.605. The summed E-state index contributed by atoms with van der Waals surface area (Å²) < 4.78 is 34.6.